The Morgan fingerprint density at radius 2 is 2.00 bits per heavy atom. The molecule has 0 saturated heterocycles. The molecule has 0 fully saturated rings. The third-order valence-corrected chi connectivity index (χ3v) is 4.09. The minimum atomic E-state index is -3.27. The molecule has 0 radical (unpaired) electrons. The van der Waals surface area contributed by atoms with Crippen LogP contribution >= 0.6 is 22.6 Å². The third-order valence-electron chi connectivity index (χ3n) is 2.19. The van der Waals surface area contributed by atoms with E-state index >= 15 is 0 Å². The standard InChI is InChI=1S/C12H16INO3S/c1-18(15,16)12(8-5-9-13)14-17-10-11-6-3-2-4-7-11/h2-4,6-7H,5,8-10H2,1H3/b14-12-. The van der Waals surface area contributed by atoms with Crippen molar-refractivity contribution in [1.29, 1.82) is 0 Å². The molecule has 0 amide bonds. The van der Waals surface area contributed by atoms with Gasteiger partial charge in [-0.2, -0.15) is 0 Å². The average Bonchev–Trinajstić information content (AvgIpc) is 2.33. The molecular formula is C12H16INO3S. The van der Waals surface area contributed by atoms with Gasteiger partial charge in [0.1, 0.15) is 6.61 Å². The van der Waals surface area contributed by atoms with Crippen LogP contribution in [0.1, 0.15) is 18.4 Å². The summed E-state index contributed by atoms with van der Waals surface area (Å²) in [5.74, 6) is 0. The number of hydrogen-bond acceptors (Lipinski definition) is 4. The molecule has 0 aromatic heterocycles. The van der Waals surface area contributed by atoms with Gasteiger partial charge >= 0.3 is 0 Å². The molecule has 0 heterocycles. The zero-order valence-electron chi connectivity index (χ0n) is 10.2. The molecule has 0 aliphatic heterocycles. The van der Waals surface area contributed by atoms with Gasteiger partial charge in [0.2, 0.25) is 0 Å². The van der Waals surface area contributed by atoms with Crippen molar-refractivity contribution < 1.29 is 13.3 Å². The van der Waals surface area contributed by atoms with Crippen LogP contribution in [0, 0.1) is 0 Å². The Kier molecular flexibility index (Phi) is 6.62. The zero-order chi connectivity index (χ0) is 13.4. The predicted molar refractivity (Wildman–Crippen MR) is 81.6 cm³/mol. The van der Waals surface area contributed by atoms with Gasteiger partial charge in [0.25, 0.3) is 0 Å². The molecule has 0 aliphatic carbocycles. The Morgan fingerprint density at radius 1 is 1.33 bits per heavy atom. The third kappa shape index (κ3) is 5.81. The second-order valence-corrected chi connectivity index (χ2v) is 6.90. The monoisotopic (exact) mass is 381 g/mol. The summed E-state index contributed by atoms with van der Waals surface area (Å²) >= 11 is 2.21. The molecule has 0 N–H and O–H groups in total. The van der Waals surface area contributed by atoms with Gasteiger partial charge in [-0.3, -0.25) is 0 Å². The van der Waals surface area contributed by atoms with Crippen LogP contribution in [0.2, 0.25) is 0 Å². The fourth-order valence-electron chi connectivity index (χ4n) is 1.27. The molecule has 18 heavy (non-hydrogen) atoms. The van der Waals surface area contributed by atoms with E-state index in [1.54, 1.807) is 0 Å². The summed E-state index contributed by atoms with van der Waals surface area (Å²) in [5.41, 5.74) is 0.961. The number of rotatable bonds is 6. The Balaban J connectivity index is 2.61. The first kappa shape index (κ1) is 15.4. The first-order valence-corrected chi connectivity index (χ1v) is 8.94. The normalized spacial score (nSPS) is 12.4. The molecule has 100 valence electrons. The van der Waals surface area contributed by atoms with Crippen molar-refractivity contribution in [1.82, 2.24) is 0 Å². The van der Waals surface area contributed by atoms with Gasteiger partial charge in [-0.25, -0.2) is 8.42 Å². The van der Waals surface area contributed by atoms with Crippen LogP contribution < -0.4 is 0 Å². The maximum Gasteiger partial charge on any atom is 0.192 e. The first-order valence-electron chi connectivity index (χ1n) is 5.53. The number of alkyl halides is 1. The number of hydrogen-bond donors (Lipinski definition) is 0. The summed E-state index contributed by atoms with van der Waals surface area (Å²) in [6.45, 7) is 0.282. The van der Waals surface area contributed by atoms with E-state index in [0.29, 0.717) is 6.42 Å². The fraction of sp³-hybridized carbons (Fsp3) is 0.417. The van der Waals surface area contributed by atoms with Crippen LogP contribution in [0.4, 0.5) is 0 Å². The Bertz CT molecular complexity index is 485. The molecule has 4 nitrogen and oxygen atoms in total. The molecule has 0 aliphatic rings. The highest BCUT2D eigenvalue weighted by Gasteiger charge is 2.13. The lowest BCUT2D eigenvalue weighted by atomic mass is 10.2. The summed E-state index contributed by atoms with van der Waals surface area (Å²) in [7, 11) is -3.27. The van der Waals surface area contributed by atoms with Crippen molar-refractivity contribution in [2.24, 2.45) is 5.16 Å². The zero-order valence-corrected chi connectivity index (χ0v) is 13.1. The molecular weight excluding hydrogens is 365 g/mol. The second-order valence-electron chi connectivity index (χ2n) is 3.81. The number of halogens is 1. The first-order chi connectivity index (χ1) is 8.54. The molecule has 6 heteroatoms. The number of benzene rings is 1. The quantitative estimate of drug-likeness (QED) is 0.250. The van der Waals surface area contributed by atoms with Crippen LogP contribution in [0.5, 0.6) is 0 Å². The molecule has 0 spiro atoms. The lowest BCUT2D eigenvalue weighted by Gasteiger charge is -2.04. The fourth-order valence-corrected chi connectivity index (χ4v) is 2.35. The highest BCUT2D eigenvalue weighted by molar-refractivity contribution is 14.1. The van der Waals surface area contributed by atoms with Gasteiger partial charge in [-0.05, 0) is 16.4 Å². The van der Waals surface area contributed by atoms with Crippen molar-refractivity contribution in [2.45, 2.75) is 19.4 Å². The van der Waals surface area contributed by atoms with Crippen molar-refractivity contribution in [3.8, 4) is 0 Å². The van der Waals surface area contributed by atoms with Crippen LogP contribution in [0.25, 0.3) is 0 Å². The largest absolute Gasteiger partial charge is 0.390 e. The smallest absolute Gasteiger partial charge is 0.192 e. The van der Waals surface area contributed by atoms with Crippen LogP contribution in [-0.2, 0) is 21.3 Å². The van der Waals surface area contributed by atoms with Gasteiger partial charge in [-0.15, -0.1) is 0 Å². The molecule has 1 rings (SSSR count). The van der Waals surface area contributed by atoms with E-state index in [1.807, 2.05) is 30.3 Å². The lowest BCUT2D eigenvalue weighted by Crippen LogP contribution is -2.13. The molecule has 0 atom stereocenters. The van der Waals surface area contributed by atoms with E-state index in [0.717, 1.165) is 22.7 Å². The second kappa shape index (κ2) is 7.73. The molecule has 0 unspecified atom stereocenters. The lowest BCUT2D eigenvalue weighted by molar-refractivity contribution is 0.130. The Hall–Kier alpha value is -0.630. The topological polar surface area (TPSA) is 55.7 Å². The number of oxime groups is 1. The van der Waals surface area contributed by atoms with Crippen molar-refractivity contribution in [3.05, 3.63) is 35.9 Å². The van der Waals surface area contributed by atoms with Gasteiger partial charge in [0.05, 0.1) is 0 Å². The Morgan fingerprint density at radius 3 is 2.56 bits per heavy atom. The van der Waals surface area contributed by atoms with Gasteiger partial charge in [0, 0.05) is 12.7 Å². The summed E-state index contributed by atoms with van der Waals surface area (Å²) in [4.78, 5) is 5.11. The van der Waals surface area contributed by atoms with E-state index in [-0.39, 0.29) is 11.7 Å². The van der Waals surface area contributed by atoms with Gasteiger partial charge in [-0.1, -0.05) is 58.1 Å². The summed E-state index contributed by atoms with van der Waals surface area (Å²) in [6, 6.07) is 9.52. The number of sulfone groups is 1. The average molecular weight is 381 g/mol. The van der Waals surface area contributed by atoms with Crippen LogP contribution in [-0.4, -0.2) is 24.1 Å². The van der Waals surface area contributed by atoms with E-state index < -0.39 is 9.84 Å². The maximum absolute atomic E-state index is 11.5. The van der Waals surface area contributed by atoms with E-state index in [9.17, 15) is 8.42 Å². The van der Waals surface area contributed by atoms with Gasteiger partial charge in [0.15, 0.2) is 14.9 Å². The molecule has 1 aromatic rings. The van der Waals surface area contributed by atoms with E-state index in [4.69, 9.17) is 4.84 Å². The van der Waals surface area contributed by atoms with E-state index in [1.165, 1.54) is 0 Å². The summed E-state index contributed by atoms with van der Waals surface area (Å²) in [6.07, 6.45) is 2.36. The Labute approximate surface area is 121 Å². The van der Waals surface area contributed by atoms with Crippen molar-refractivity contribution in [2.75, 3.05) is 10.7 Å². The minimum absolute atomic E-state index is 0.120. The molecule has 0 saturated carbocycles. The van der Waals surface area contributed by atoms with E-state index in [2.05, 4.69) is 27.7 Å². The van der Waals surface area contributed by atoms with Crippen LogP contribution in [0.3, 0.4) is 0 Å². The van der Waals surface area contributed by atoms with Crippen molar-refractivity contribution in [3.63, 3.8) is 0 Å². The predicted octanol–water partition coefficient (Wildman–Crippen LogP) is 2.78. The summed E-state index contributed by atoms with van der Waals surface area (Å²) < 4.78 is 23.8. The minimum Gasteiger partial charge on any atom is -0.390 e. The summed E-state index contributed by atoms with van der Waals surface area (Å²) in [5, 5.41) is 3.87. The van der Waals surface area contributed by atoms with Gasteiger partial charge < -0.3 is 4.84 Å². The molecule has 0 bridgehead atoms. The highest BCUT2D eigenvalue weighted by atomic mass is 127. The number of nitrogens with zero attached hydrogens (tertiary/aromatic N) is 1. The SMILES string of the molecule is CS(=O)(=O)/C(CCCI)=N\OCc1ccccc1. The maximum atomic E-state index is 11.5. The highest BCUT2D eigenvalue weighted by Crippen LogP contribution is 2.06. The van der Waals surface area contributed by atoms with Crippen LogP contribution in [0.15, 0.2) is 35.5 Å². The van der Waals surface area contributed by atoms with Crippen molar-refractivity contribution >= 4 is 37.5 Å². The molecule has 1 aromatic carbocycles.